The first-order valence-electron chi connectivity index (χ1n) is 11.7. The monoisotopic (exact) mass is 566 g/mol. The minimum Gasteiger partial charge on any atom is -0.379 e. The Bertz CT molecular complexity index is 856. The highest BCUT2D eigenvalue weighted by molar-refractivity contribution is 14.0. The Morgan fingerprint density at radius 3 is 2.52 bits per heavy atom. The summed E-state index contributed by atoms with van der Waals surface area (Å²) >= 11 is 0. The maximum absolute atomic E-state index is 5.69. The zero-order valence-electron chi connectivity index (χ0n) is 20.2. The molecule has 2 aromatic carbocycles. The molecule has 0 radical (unpaired) electrons. The third kappa shape index (κ3) is 9.14. The number of rotatable bonds is 11. The largest absolute Gasteiger partial charge is 0.379 e. The summed E-state index contributed by atoms with van der Waals surface area (Å²) in [5.41, 5.74) is 4.94. The second-order valence-electron chi connectivity index (χ2n) is 8.15. The molecule has 0 amide bonds. The van der Waals surface area contributed by atoms with E-state index < -0.39 is 0 Å². The maximum atomic E-state index is 5.69. The number of halogens is 1. The minimum atomic E-state index is 0. The molecule has 33 heavy (non-hydrogen) atoms. The fraction of sp³-hybridized carbons (Fsp3) is 0.500. The molecule has 2 aromatic rings. The molecule has 3 rings (SSSR count). The smallest absolute Gasteiger partial charge is 0.191 e. The van der Waals surface area contributed by atoms with Crippen LogP contribution in [0.3, 0.4) is 0 Å². The van der Waals surface area contributed by atoms with Gasteiger partial charge in [0.05, 0.1) is 25.9 Å². The van der Waals surface area contributed by atoms with Crippen LogP contribution < -0.4 is 15.5 Å². The minimum absolute atomic E-state index is 0. The number of guanidine groups is 1. The van der Waals surface area contributed by atoms with Crippen LogP contribution in [0.5, 0.6) is 0 Å². The second kappa shape index (κ2) is 15.1. The number of anilines is 1. The van der Waals surface area contributed by atoms with Crippen LogP contribution in [0.25, 0.3) is 0 Å². The molecule has 1 aliphatic heterocycles. The highest BCUT2D eigenvalue weighted by atomic mass is 127. The average Bonchev–Trinajstić information content (AvgIpc) is 3.37. The van der Waals surface area contributed by atoms with E-state index in [1.807, 2.05) is 14.0 Å². The number of aliphatic imine (C=N–C) groups is 1. The number of nitrogens with zero attached hydrogens (tertiary/aromatic N) is 2. The predicted octanol–water partition coefficient (Wildman–Crippen LogP) is 4.88. The molecular weight excluding hydrogens is 527 g/mol. The quantitative estimate of drug-likeness (QED) is 0.176. The van der Waals surface area contributed by atoms with Gasteiger partial charge in [-0.25, -0.2) is 0 Å². The van der Waals surface area contributed by atoms with Crippen LogP contribution in [0.2, 0.25) is 0 Å². The van der Waals surface area contributed by atoms with Crippen LogP contribution in [0, 0.1) is 0 Å². The van der Waals surface area contributed by atoms with E-state index in [0.717, 1.165) is 31.2 Å². The molecule has 1 heterocycles. The van der Waals surface area contributed by atoms with Crippen LogP contribution in [0.1, 0.15) is 49.4 Å². The first-order valence-corrected chi connectivity index (χ1v) is 11.7. The van der Waals surface area contributed by atoms with Crippen LogP contribution >= 0.6 is 24.0 Å². The van der Waals surface area contributed by atoms with Gasteiger partial charge < -0.3 is 25.0 Å². The van der Waals surface area contributed by atoms with Crippen molar-refractivity contribution in [2.75, 3.05) is 44.9 Å². The third-order valence-electron chi connectivity index (χ3n) is 5.71. The van der Waals surface area contributed by atoms with Crippen LogP contribution in [-0.4, -0.2) is 45.9 Å². The number of nitrogens with one attached hydrogen (secondary N) is 2. The molecule has 0 spiro atoms. The first-order chi connectivity index (χ1) is 15.7. The molecule has 0 aromatic heterocycles. The van der Waals surface area contributed by atoms with Crippen molar-refractivity contribution in [2.24, 2.45) is 4.99 Å². The molecule has 0 bridgehead atoms. The zero-order valence-corrected chi connectivity index (χ0v) is 22.5. The van der Waals surface area contributed by atoms with Crippen molar-refractivity contribution in [1.29, 1.82) is 0 Å². The van der Waals surface area contributed by atoms with Crippen molar-refractivity contribution in [3.8, 4) is 0 Å². The molecule has 2 N–H and O–H groups in total. The van der Waals surface area contributed by atoms with Gasteiger partial charge in [0.15, 0.2) is 5.96 Å². The zero-order chi connectivity index (χ0) is 22.6. The molecular formula is C26H39IN4O2. The van der Waals surface area contributed by atoms with E-state index in [9.17, 15) is 0 Å². The Hall–Kier alpha value is -1.84. The normalized spacial score (nSPS) is 14.6. The van der Waals surface area contributed by atoms with Gasteiger partial charge >= 0.3 is 0 Å². The van der Waals surface area contributed by atoms with Crippen molar-refractivity contribution >= 4 is 35.6 Å². The Morgan fingerprint density at radius 1 is 1.03 bits per heavy atom. The molecule has 1 fully saturated rings. The Kier molecular flexibility index (Phi) is 12.6. The third-order valence-corrected chi connectivity index (χ3v) is 5.71. The molecule has 1 unspecified atom stereocenters. The Balaban J connectivity index is 0.00000385. The lowest BCUT2D eigenvalue weighted by Crippen LogP contribution is -2.38. The highest BCUT2D eigenvalue weighted by Crippen LogP contribution is 2.24. The molecule has 6 nitrogen and oxygen atoms in total. The summed E-state index contributed by atoms with van der Waals surface area (Å²) in [7, 11) is 1.81. The molecule has 0 saturated carbocycles. The summed E-state index contributed by atoms with van der Waals surface area (Å²) in [6, 6.07) is 17.4. The molecule has 1 aliphatic rings. The summed E-state index contributed by atoms with van der Waals surface area (Å²) in [5.74, 6) is 0.794. The van der Waals surface area contributed by atoms with Crippen LogP contribution in [0.4, 0.5) is 5.69 Å². The van der Waals surface area contributed by atoms with Gasteiger partial charge in [-0.1, -0.05) is 36.4 Å². The van der Waals surface area contributed by atoms with Crippen molar-refractivity contribution in [3.63, 3.8) is 0 Å². The van der Waals surface area contributed by atoms with E-state index in [2.05, 4.69) is 76.0 Å². The van der Waals surface area contributed by atoms with Crippen LogP contribution in [0.15, 0.2) is 53.5 Å². The van der Waals surface area contributed by atoms with E-state index in [0.29, 0.717) is 26.4 Å². The molecule has 1 atom stereocenters. The SMILES string of the molecule is CCOCCOCc1cccc(CNC(=NC)NC(C)c2cccc(N3CCCC3)c2)c1.I. The highest BCUT2D eigenvalue weighted by Gasteiger charge is 2.14. The first kappa shape index (κ1) is 27.4. The van der Waals surface area contributed by atoms with E-state index in [-0.39, 0.29) is 30.0 Å². The lowest BCUT2D eigenvalue weighted by atomic mass is 10.1. The van der Waals surface area contributed by atoms with Gasteiger partial charge in [-0.3, -0.25) is 4.99 Å². The van der Waals surface area contributed by atoms with Crippen molar-refractivity contribution < 1.29 is 9.47 Å². The lowest BCUT2D eigenvalue weighted by Gasteiger charge is -2.22. The summed E-state index contributed by atoms with van der Waals surface area (Å²) < 4.78 is 11.0. The lowest BCUT2D eigenvalue weighted by molar-refractivity contribution is 0.0453. The Labute approximate surface area is 216 Å². The molecule has 7 heteroatoms. The van der Waals surface area contributed by atoms with Gasteiger partial charge in [0.25, 0.3) is 0 Å². The standard InChI is InChI=1S/C26H38N4O2.HI/c1-4-31-15-16-32-20-23-10-7-9-22(17-23)19-28-26(27-3)29-21(2)24-11-8-12-25(18-24)30-13-5-6-14-30;/h7-12,17-18,21H,4-6,13-16,19-20H2,1-3H3,(H2,27,28,29);1H. The van der Waals surface area contributed by atoms with Gasteiger partial charge in [-0.15, -0.1) is 24.0 Å². The van der Waals surface area contributed by atoms with E-state index in [4.69, 9.17) is 9.47 Å². The van der Waals surface area contributed by atoms with Gasteiger partial charge in [0.1, 0.15) is 0 Å². The Morgan fingerprint density at radius 2 is 1.76 bits per heavy atom. The molecule has 1 saturated heterocycles. The summed E-state index contributed by atoms with van der Waals surface area (Å²) in [6.45, 7) is 9.76. The number of ether oxygens (including phenoxy) is 2. The predicted molar refractivity (Wildman–Crippen MR) is 148 cm³/mol. The summed E-state index contributed by atoms with van der Waals surface area (Å²) in [6.07, 6.45) is 2.57. The van der Waals surface area contributed by atoms with E-state index >= 15 is 0 Å². The fourth-order valence-corrected chi connectivity index (χ4v) is 3.92. The van der Waals surface area contributed by atoms with Gasteiger partial charge in [-0.05, 0) is 55.5 Å². The van der Waals surface area contributed by atoms with Crippen LogP contribution in [-0.2, 0) is 22.6 Å². The molecule has 182 valence electrons. The van der Waals surface area contributed by atoms with Crippen molar-refractivity contribution in [3.05, 3.63) is 65.2 Å². The summed E-state index contributed by atoms with van der Waals surface area (Å²) in [4.78, 5) is 6.88. The topological polar surface area (TPSA) is 58.1 Å². The fourth-order valence-electron chi connectivity index (χ4n) is 3.92. The number of hydrogen-bond donors (Lipinski definition) is 2. The second-order valence-corrected chi connectivity index (χ2v) is 8.15. The van der Waals surface area contributed by atoms with Crippen molar-refractivity contribution in [1.82, 2.24) is 10.6 Å². The average molecular weight is 567 g/mol. The van der Waals surface area contributed by atoms with E-state index in [1.54, 1.807) is 0 Å². The maximum Gasteiger partial charge on any atom is 0.191 e. The van der Waals surface area contributed by atoms with Crippen molar-refractivity contribution in [2.45, 2.75) is 45.9 Å². The van der Waals surface area contributed by atoms with Gasteiger partial charge in [-0.2, -0.15) is 0 Å². The van der Waals surface area contributed by atoms with E-state index in [1.165, 1.54) is 29.7 Å². The van der Waals surface area contributed by atoms with Gasteiger partial charge in [0, 0.05) is 39.0 Å². The summed E-state index contributed by atoms with van der Waals surface area (Å²) in [5, 5.41) is 6.96. The van der Waals surface area contributed by atoms with Gasteiger partial charge in [0.2, 0.25) is 0 Å². The number of benzene rings is 2. The number of hydrogen-bond acceptors (Lipinski definition) is 4. The molecule has 0 aliphatic carbocycles.